The van der Waals surface area contributed by atoms with Gasteiger partial charge in [-0.2, -0.15) is 0 Å². The first kappa shape index (κ1) is 15.3. The molecule has 0 saturated heterocycles. The first-order valence-corrected chi connectivity index (χ1v) is 5.86. The standard InChI is InChI=1S/C13H20N2O4/c1-17-8-9(18-2)7-15-13(16)12-10(14)5-4-6-11(12)19-3/h4-6,9H,7-8,14H2,1-3H3,(H,15,16). The van der Waals surface area contributed by atoms with Crippen molar-refractivity contribution in [2.45, 2.75) is 6.10 Å². The van der Waals surface area contributed by atoms with Crippen LogP contribution in [0.4, 0.5) is 5.69 Å². The molecule has 1 amide bonds. The number of nitrogens with one attached hydrogen (secondary N) is 1. The molecule has 0 aliphatic carbocycles. The lowest BCUT2D eigenvalue weighted by molar-refractivity contribution is 0.0285. The zero-order valence-electron chi connectivity index (χ0n) is 11.4. The molecule has 0 bridgehead atoms. The van der Waals surface area contributed by atoms with Crippen LogP contribution in [-0.4, -0.2) is 46.5 Å². The minimum atomic E-state index is -0.298. The minimum Gasteiger partial charge on any atom is -0.496 e. The zero-order valence-corrected chi connectivity index (χ0v) is 11.4. The van der Waals surface area contributed by atoms with Gasteiger partial charge in [0, 0.05) is 26.5 Å². The number of methoxy groups -OCH3 is 3. The molecule has 1 rings (SSSR count). The summed E-state index contributed by atoms with van der Waals surface area (Å²) in [6, 6.07) is 5.07. The van der Waals surface area contributed by atoms with Gasteiger partial charge in [0.15, 0.2) is 0 Å². The Morgan fingerprint density at radius 1 is 1.37 bits per heavy atom. The van der Waals surface area contributed by atoms with Crippen LogP contribution < -0.4 is 15.8 Å². The lowest BCUT2D eigenvalue weighted by Gasteiger charge is -2.16. The third kappa shape index (κ3) is 4.11. The smallest absolute Gasteiger partial charge is 0.257 e. The van der Waals surface area contributed by atoms with Crippen LogP contribution in [0.1, 0.15) is 10.4 Å². The molecular formula is C13H20N2O4. The number of rotatable bonds is 7. The molecule has 1 aromatic carbocycles. The molecule has 3 N–H and O–H groups in total. The molecule has 0 aliphatic heterocycles. The molecule has 0 heterocycles. The number of carbonyl (C=O) groups is 1. The van der Waals surface area contributed by atoms with E-state index in [1.807, 2.05) is 0 Å². The third-order valence-corrected chi connectivity index (χ3v) is 2.68. The predicted octanol–water partition coefficient (Wildman–Crippen LogP) is 0.669. The fourth-order valence-electron chi connectivity index (χ4n) is 1.65. The molecule has 6 nitrogen and oxygen atoms in total. The molecule has 0 fully saturated rings. The van der Waals surface area contributed by atoms with Crippen molar-refractivity contribution in [3.05, 3.63) is 23.8 Å². The van der Waals surface area contributed by atoms with Crippen molar-refractivity contribution in [3.63, 3.8) is 0 Å². The Morgan fingerprint density at radius 2 is 2.11 bits per heavy atom. The Morgan fingerprint density at radius 3 is 2.68 bits per heavy atom. The van der Waals surface area contributed by atoms with E-state index < -0.39 is 0 Å². The summed E-state index contributed by atoms with van der Waals surface area (Å²) >= 11 is 0. The topological polar surface area (TPSA) is 82.8 Å². The largest absolute Gasteiger partial charge is 0.496 e. The summed E-state index contributed by atoms with van der Waals surface area (Å²) in [5.41, 5.74) is 6.50. The Bertz CT molecular complexity index is 423. The fraction of sp³-hybridized carbons (Fsp3) is 0.462. The van der Waals surface area contributed by atoms with E-state index in [1.54, 1.807) is 32.4 Å². The zero-order chi connectivity index (χ0) is 14.3. The van der Waals surface area contributed by atoms with Gasteiger partial charge in [-0.3, -0.25) is 4.79 Å². The van der Waals surface area contributed by atoms with Crippen molar-refractivity contribution in [1.29, 1.82) is 0 Å². The van der Waals surface area contributed by atoms with Crippen molar-refractivity contribution >= 4 is 11.6 Å². The van der Waals surface area contributed by atoms with E-state index in [2.05, 4.69) is 5.32 Å². The highest BCUT2D eigenvalue weighted by Crippen LogP contribution is 2.23. The maximum atomic E-state index is 12.1. The van der Waals surface area contributed by atoms with Crippen LogP contribution in [0.2, 0.25) is 0 Å². The van der Waals surface area contributed by atoms with Crippen LogP contribution in [0.15, 0.2) is 18.2 Å². The molecule has 6 heteroatoms. The summed E-state index contributed by atoms with van der Waals surface area (Å²) < 4.78 is 15.3. The van der Waals surface area contributed by atoms with Crippen LogP contribution in [0.5, 0.6) is 5.75 Å². The molecule has 1 aromatic rings. The Balaban J connectivity index is 2.73. The number of anilines is 1. The van der Waals surface area contributed by atoms with E-state index >= 15 is 0 Å². The maximum Gasteiger partial charge on any atom is 0.257 e. The first-order chi connectivity index (χ1) is 9.13. The van der Waals surface area contributed by atoms with Gasteiger partial charge in [-0.05, 0) is 12.1 Å². The molecule has 0 spiro atoms. The number of ether oxygens (including phenoxy) is 3. The molecule has 0 aromatic heterocycles. The van der Waals surface area contributed by atoms with E-state index in [9.17, 15) is 4.79 Å². The second kappa shape index (κ2) is 7.60. The maximum absolute atomic E-state index is 12.1. The molecule has 106 valence electrons. The van der Waals surface area contributed by atoms with Crippen LogP contribution in [0, 0.1) is 0 Å². The highest BCUT2D eigenvalue weighted by Gasteiger charge is 2.17. The van der Waals surface area contributed by atoms with Gasteiger partial charge in [-0.25, -0.2) is 0 Å². The van der Waals surface area contributed by atoms with Crippen molar-refractivity contribution < 1.29 is 19.0 Å². The van der Waals surface area contributed by atoms with E-state index in [0.717, 1.165) is 0 Å². The second-order valence-electron chi connectivity index (χ2n) is 3.95. The number of amides is 1. The van der Waals surface area contributed by atoms with Crippen LogP contribution in [0.25, 0.3) is 0 Å². The molecular weight excluding hydrogens is 248 g/mol. The number of hydrogen-bond acceptors (Lipinski definition) is 5. The fourth-order valence-corrected chi connectivity index (χ4v) is 1.65. The molecule has 0 radical (unpaired) electrons. The summed E-state index contributed by atoms with van der Waals surface area (Å²) in [4.78, 5) is 12.1. The van der Waals surface area contributed by atoms with Crippen molar-refractivity contribution in [3.8, 4) is 5.75 Å². The SMILES string of the molecule is COCC(CNC(=O)c1c(N)cccc1OC)OC. The van der Waals surface area contributed by atoms with E-state index in [-0.39, 0.29) is 12.0 Å². The van der Waals surface area contributed by atoms with Gasteiger partial charge >= 0.3 is 0 Å². The second-order valence-corrected chi connectivity index (χ2v) is 3.95. The lowest BCUT2D eigenvalue weighted by atomic mass is 10.1. The summed E-state index contributed by atoms with van der Waals surface area (Å²) in [6.45, 7) is 0.735. The van der Waals surface area contributed by atoms with Gasteiger partial charge in [-0.1, -0.05) is 6.07 Å². The quantitative estimate of drug-likeness (QED) is 0.710. The van der Waals surface area contributed by atoms with Gasteiger partial charge in [-0.15, -0.1) is 0 Å². The van der Waals surface area contributed by atoms with Crippen LogP contribution >= 0.6 is 0 Å². The number of nitrogens with two attached hydrogens (primary N) is 1. The van der Waals surface area contributed by atoms with E-state index in [1.165, 1.54) is 7.11 Å². The first-order valence-electron chi connectivity index (χ1n) is 5.86. The Kier molecular flexibility index (Phi) is 6.11. The Hall–Kier alpha value is -1.79. The van der Waals surface area contributed by atoms with Crippen molar-refractivity contribution in [2.24, 2.45) is 0 Å². The minimum absolute atomic E-state index is 0.204. The normalized spacial score (nSPS) is 11.9. The molecule has 1 unspecified atom stereocenters. The van der Waals surface area contributed by atoms with Gasteiger partial charge in [0.05, 0.1) is 19.8 Å². The van der Waals surface area contributed by atoms with Crippen LogP contribution in [0.3, 0.4) is 0 Å². The van der Waals surface area contributed by atoms with Gasteiger partial charge < -0.3 is 25.3 Å². The van der Waals surface area contributed by atoms with Crippen LogP contribution in [-0.2, 0) is 9.47 Å². The van der Waals surface area contributed by atoms with Crippen molar-refractivity contribution in [1.82, 2.24) is 5.32 Å². The average molecular weight is 268 g/mol. The highest BCUT2D eigenvalue weighted by molar-refractivity contribution is 6.01. The average Bonchev–Trinajstić information content (AvgIpc) is 2.42. The van der Waals surface area contributed by atoms with E-state index in [4.69, 9.17) is 19.9 Å². The number of carbonyl (C=O) groups excluding carboxylic acids is 1. The third-order valence-electron chi connectivity index (χ3n) is 2.68. The van der Waals surface area contributed by atoms with Crippen molar-refractivity contribution in [2.75, 3.05) is 40.2 Å². The number of benzene rings is 1. The van der Waals surface area contributed by atoms with E-state index in [0.29, 0.717) is 30.2 Å². The van der Waals surface area contributed by atoms with Gasteiger partial charge in [0.1, 0.15) is 11.3 Å². The summed E-state index contributed by atoms with van der Waals surface area (Å²) in [5.74, 6) is 0.145. The summed E-state index contributed by atoms with van der Waals surface area (Å²) in [6.07, 6.45) is -0.204. The highest BCUT2D eigenvalue weighted by atomic mass is 16.5. The van der Waals surface area contributed by atoms with Gasteiger partial charge in [0.25, 0.3) is 5.91 Å². The van der Waals surface area contributed by atoms with Gasteiger partial charge in [0.2, 0.25) is 0 Å². The summed E-state index contributed by atoms with van der Waals surface area (Å²) in [5, 5.41) is 2.75. The molecule has 0 aliphatic rings. The number of hydrogen-bond donors (Lipinski definition) is 2. The molecule has 1 atom stereocenters. The lowest BCUT2D eigenvalue weighted by Crippen LogP contribution is -2.36. The summed E-state index contributed by atoms with van der Waals surface area (Å²) in [7, 11) is 4.63. The number of nitrogen functional groups attached to an aromatic ring is 1. The molecule has 19 heavy (non-hydrogen) atoms. The predicted molar refractivity (Wildman–Crippen MR) is 72.4 cm³/mol. The molecule has 0 saturated carbocycles. The monoisotopic (exact) mass is 268 g/mol. The Labute approximate surface area is 112 Å².